The number of carbonyl (C=O) groups excluding carboxylic acids is 1. The number of hydrogen-bond donors (Lipinski definition) is 1. The van der Waals surface area contributed by atoms with Crippen LogP contribution < -0.4 is 10.2 Å². The lowest BCUT2D eigenvalue weighted by atomic mass is 10.2. The number of halogens is 1. The average Bonchev–Trinajstić information content (AvgIpc) is 2.89. The van der Waals surface area contributed by atoms with E-state index in [0.717, 1.165) is 11.0 Å². The van der Waals surface area contributed by atoms with Crippen LogP contribution in [0, 0.1) is 0 Å². The topological polar surface area (TPSA) is 58.1 Å². The Bertz CT molecular complexity index is 1050. The summed E-state index contributed by atoms with van der Waals surface area (Å²) in [5.41, 5.74) is 2.99. The number of carbonyl (C=O) groups is 1. The van der Waals surface area contributed by atoms with Crippen LogP contribution in [0.4, 0.5) is 5.69 Å². The first-order valence-electron chi connectivity index (χ1n) is 7.47. The SMILES string of the molecule is O=C1/C(=C\c2cnc3ccccc3n2)NC(=S)N1c1ccccc1Cl. The molecular formula is C18H11ClN4OS. The molecule has 0 atom stereocenters. The summed E-state index contributed by atoms with van der Waals surface area (Å²) in [7, 11) is 0. The molecule has 1 amide bonds. The second-order valence-electron chi connectivity index (χ2n) is 5.36. The van der Waals surface area contributed by atoms with Crippen LogP contribution in [-0.4, -0.2) is 21.0 Å². The Kier molecular flexibility index (Phi) is 3.91. The Labute approximate surface area is 154 Å². The van der Waals surface area contributed by atoms with Gasteiger partial charge >= 0.3 is 0 Å². The summed E-state index contributed by atoms with van der Waals surface area (Å²) >= 11 is 11.5. The molecule has 0 saturated carbocycles. The second-order valence-corrected chi connectivity index (χ2v) is 6.16. The third-order valence-corrected chi connectivity index (χ3v) is 4.34. The van der Waals surface area contributed by atoms with Gasteiger partial charge in [0, 0.05) is 0 Å². The van der Waals surface area contributed by atoms with Gasteiger partial charge in [0.05, 0.1) is 33.6 Å². The molecule has 1 saturated heterocycles. The molecule has 1 N–H and O–H groups in total. The van der Waals surface area contributed by atoms with Crippen molar-refractivity contribution in [3.05, 3.63) is 71.1 Å². The zero-order valence-corrected chi connectivity index (χ0v) is 14.4. The van der Waals surface area contributed by atoms with Crippen molar-refractivity contribution < 1.29 is 4.79 Å². The van der Waals surface area contributed by atoms with E-state index in [4.69, 9.17) is 23.8 Å². The van der Waals surface area contributed by atoms with E-state index in [1.807, 2.05) is 24.3 Å². The van der Waals surface area contributed by atoms with Crippen LogP contribution in [0.25, 0.3) is 17.1 Å². The normalized spacial score (nSPS) is 15.9. The summed E-state index contributed by atoms with van der Waals surface area (Å²) in [6, 6.07) is 14.6. The van der Waals surface area contributed by atoms with Gasteiger partial charge in [-0.2, -0.15) is 0 Å². The number of fused-ring (bicyclic) bond motifs is 1. The van der Waals surface area contributed by atoms with Gasteiger partial charge < -0.3 is 5.32 Å². The first-order chi connectivity index (χ1) is 12.1. The van der Waals surface area contributed by atoms with Crippen LogP contribution >= 0.6 is 23.8 Å². The fraction of sp³-hybridized carbons (Fsp3) is 0. The van der Waals surface area contributed by atoms with E-state index >= 15 is 0 Å². The number of nitrogens with zero attached hydrogens (tertiary/aromatic N) is 3. The molecule has 1 fully saturated rings. The average molecular weight is 367 g/mol. The molecule has 1 aromatic heterocycles. The molecule has 0 spiro atoms. The maximum absolute atomic E-state index is 12.7. The van der Waals surface area contributed by atoms with Crippen molar-refractivity contribution in [2.45, 2.75) is 0 Å². The molecule has 0 bridgehead atoms. The Morgan fingerprint density at radius 3 is 2.60 bits per heavy atom. The number of rotatable bonds is 2. The third-order valence-electron chi connectivity index (χ3n) is 3.73. The van der Waals surface area contributed by atoms with Crippen LogP contribution in [0.15, 0.2) is 60.4 Å². The van der Waals surface area contributed by atoms with Crippen LogP contribution in [0.3, 0.4) is 0 Å². The van der Waals surface area contributed by atoms with Crippen LogP contribution in [-0.2, 0) is 4.79 Å². The molecule has 25 heavy (non-hydrogen) atoms. The van der Waals surface area contributed by atoms with E-state index in [0.29, 0.717) is 22.1 Å². The number of amides is 1. The highest BCUT2D eigenvalue weighted by atomic mass is 35.5. The lowest BCUT2D eigenvalue weighted by Crippen LogP contribution is -2.30. The third kappa shape index (κ3) is 2.86. The maximum Gasteiger partial charge on any atom is 0.281 e. The number of hydrogen-bond acceptors (Lipinski definition) is 4. The molecule has 2 heterocycles. The molecule has 1 aliphatic heterocycles. The highest BCUT2D eigenvalue weighted by Gasteiger charge is 2.33. The summed E-state index contributed by atoms with van der Waals surface area (Å²) < 4.78 is 0. The monoisotopic (exact) mass is 366 g/mol. The van der Waals surface area contributed by atoms with Gasteiger partial charge in [0.25, 0.3) is 5.91 Å². The largest absolute Gasteiger partial charge is 0.327 e. The number of aromatic nitrogens is 2. The Balaban J connectivity index is 1.71. The molecule has 4 rings (SSSR count). The summed E-state index contributed by atoms with van der Waals surface area (Å²) in [5, 5.41) is 3.65. The van der Waals surface area contributed by atoms with Crippen LogP contribution in [0.1, 0.15) is 5.69 Å². The molecule has 7 heteroatoms. The molecule has 0 unspecified atom stereocenters. The summed E-state index contributed by atoms with van der Waals surface area (Å²) in [4.78, 5) is 22.9. The van der Waals surface area contributed by atoms with Gasteiger partial charge in [0.1, 0.15) is 5.70 Å². The smallest absolute Gasteiger partial charge is 0.281 e. The summed E-state index contributed by atoms with van der Waals surface area (Å²) in [6.07, 6.45) is 3.25. The van der Waals surface area contributed by atoms with Crippen LogP contribution in [0.2, 0.25) is 5.02 Å². The number of para-hydroxylation sites is 3. The van der Waals surface area contributed by atoms with Crippen molar-refractivity contribution in [1.29, 1.82) is 0 Å². The molecule has 1 aliphatic rings. The summed E-state index contributed by atoms with van der Waals surface area (Å²) in [6.45, 7) is 0. The molecule has 122 valence electrons. The molecule has 0 radical (unpaired) electrons. The summed E-state index contributed by atoms with van der Waals surface area (Å²) in [5.74, 6) is -0.284. The predicted molar refractivity (Wildman–Crippen MR) is 102 cm³/mol. The predicted octanol–water partition coefficient (Wildman–Crippen LogP) is 3.55. The number of anilines is 1. The first-order valence-corrected chi connectivity index (χ1v) is 8.25. The van der Waals surface area contributed by atoms with E-state index in [1.54, 1.807) is 36.5 Å². The Morgan fingerprint density at radius 2 is 1.80 bits per heavy atom. The fourth-order valence-electron chi connectivity index (χ4n) is 2.58. The molecular weight excluding hydrogens is 356 g/mol. The van der Waals surface area contributed by atoms with Crippen molar-refractivity contribution in [3.8, 4) is 0 Å². The highest BCUT2D eigenvalue weighted by molar-refractivity contribution is 7.80. The van der Waals surface area contributed by atoms with Crippen molar-refractivity contribution in [3.63, 3.8) is 0 Å². The molecule has 3 aromatic rings. The number of benzene rings is 2. The fourth-order valence-corrected chi connectivity index (χ4v) is 3.09. The standard InChI is InChI=1S/C18H11ClN4OS/c19-12-5-1-4-8-16(12)23-17(24)15(22-18(23)25)9-11-10-20-13-6-2-3-7-14(13)21-11/h1-10H,(H,22,25)/b15-9+. The quantitative estimate of drug-likeness (QED) is 0.555. The lowest BCUT2D eigenvalue weighted by Gasteiger charge is -2.15. The molecule has 2 aromatic carbocycles. The maximum atomic E-state index is 12.7. The first kappa shape index (κ1) is 15.7. The van der Waals surface area contributed by atoms with E-state index in [9.17, 15) is 4.79 Å². The molecule has 5 nitrogen and oxygen atoms in total. The van der Waals surface area contributed by atoms with Crippen molar-refractivity contribution >= 4 is 57.6 Å². The van der Waals surface area contributed by atoms with Crippen molar-refractivity contribution in [2.24, 2.45) is 0 Å². The minimum absolute atomic E-state index is 0.276. The van der Waals surface area contributed by atoms with E-state index in [2.05, 4.69) is 15.3 Å². The van der Waals surface area contributed by atoms with E-state index in [1.165, 1.54) is 4.90 Å². The Hall–Kier alpha value is -2.83. The minimum atomic E-state index is -0.284. The van der Waals surface area contributed by atoms with Gasteiger partial charge in [-0.15, -0.1) is 0 Å². The highest BCUT2D eigenvalue weighted by Crippen LogP contribution is 2.29. The van der Waals surface area contributed by atoms with Gasteiger partial charge in [-0.25, -0.2) is 4.98 Å². The van der Waals surface area contributed by atoms with Gasteiger partial charge in [-0.3, -0.25) is 14.7 Å². The van der Waals surface area contributed by atoms with Crippen molar-refractivity contribution in [1.82, 2.24) is 15.3 Å². The zero-order chi connectivity index (χ0) is 17.4. The number of thiocarbonyl (C=S) groups is 1. The van der Waals surface area contributed by atoms with E-state index in [-0.39, 0.29) is 11.0 Å². The Morgan fingerprint density at radius 1 is 1.08 bits per heavy atom. The van der Waals surface area contributed by atoms with E-state index < -0.39 is 0 Å². The molecule has 0 aliphatic carbocycles. The van der Waals surface area contributed by atoms with Gasteiger partial charge in [0.15, 0.2) is 5.11 Å². The van der Waals surface area contributed by atoms with Gasteiger partial charge in [-0.1, -0.05) is 35.9 Å². The minimum Gasteiger partial charge on any atom is -0.327 e. The van der Waals surface area contributed by atoms with Gasteiger partial charge in [0.2, 0.25) is 0 Å². The lowest BCUT2D eigenvalue weighted by molar-refractivity contribution is -0.113. The van der Waals surface area contributed by atoms with Crippen LogP contribution in [0.5, 0.6) is 0 Å². The zero-order valence-electron chi connectivity index (χ0n) is 12.8. The van der Waals surface area contributed by atoms with Gasteiger partial charge in [-0.05, 0) is 42.6 Å². The number of nitrogens with one attached hydrogen (secondary N) is 1. The second kappa shape index (κ2) is 6.23. The van der Waals surface area contributed by atoms with Crippen molar-refractivity contribution in [2.75, 3.05) is 4.90 Å².